The highest BCUT2D eigenvalue weighted by Crippen LogP contribution is 2.24. The number of hydrogen-bond donors (Lipinski definition) is 3. The molecule has 3 amide bonds. The van der Waals surface area contributed by atoms with Crippen LogP contribution in [-0.4, -0.2) is 24.3 Å². The van der Waals surface area contributed by atoms with Gasteiger partial charge in [0.25, 0.3) is 0 Å². The van der Waals surface area contributed by atoms with Crippen LogP contribution in [0.1, 0.15) is 11.1 Å². The number of nitrogens with one attached hydrogen (secondary N) is 3. The molecular formula is C18H17Cl2N3O3. The minimum atomic E-state index is -0.939. The van der Waals surface area contributed by atoms with Gasteiger partial charge in [0.05, 0.1) is 16.6 Å². The summed E-state index contributed by atoms with van der Waals surface area (Å²) >= 11 is 11.6. The van der Waals surface area contributed by atoms with Crippen molar-refractivity contribution in [1.29, 1.82) is 0 Å². The van der Waals surface area contributed by atoms with E-state index in [0.29, 0.717) is 16.4 Å². The molecule has 0 aromatic heterocycles. The lowest BCUT2D eigenvalue weighted by atomic mass is 10.1. The van der Waals surface area contributed by atoms with Crippen LogP contribution < -0.4 is 16.0 Å². The fourth-order valence-corrected chi connectivity index (χ4v) is 2.33. The van der Waals surface area contributed by atoms with Gasteiger partial charge in [0.1, 0.15) is 0 Å². The van der Waals surface area contributed by atoms with Crippen LogP contribution in [0.25, 0.3) is 0 Å². The maximum absolute atomic E-state index is 11.9. The summed E-state index contributed by atoms with van der Waals surface area (Å²) in [6.07, 6.45) is 0. The van der Waals surface area contributed by atoms with Crippen LogP contribution in [0.2, 0.25) is 10.0 Å². The van der Waals surface area contributed by atoms with Crippen LogP contribution in [-0.2, 0) is 14.4 Å². The number of anilines is 2. The largest absolute Gasteiger partial charge is 0.339 e. The Labute approximate surface area is 160 Å². The van der Waals surface area contributed by atoms with Gasteiger partial charge in [-0.2, -0.15) is 0 Å². The number of carbonyl (C=O) groups is 3. The number of halogens is 2. The van der Waals surface area contributed by atoms with Crippen LogP contribution in [0.5, 0.6) is 0 Å². The molecular weight excluding hydrogens is 377 g/mol. The molecule has 0 aliphatic carbocycles. The van der Waals surface area contributed by atoms with Crippen LogP contribution in [0, 0.1) is 13.8 Å². The SMILES string of the molecule is Cc1ccc(NC(=O)CNC(=O)C(=O)Nc2ccc(Cl)c(Cl)c2)cc1C. The van der Waals surface area contributed by atoms with Gasteiger partial charge in [-0.05, 0) is 55.3 Å². The van der Waals surface area contributed by atoms with Crippen molar-refractivity contribution >= 4 is 52.3 Å². The standard InChI is InChI=1S/C18H17Cl2N3O3/c1-10-3-4-12(7-11(10)2)22-16(24)9-21-17(25)18(26)23-13-5-6-14(19)15(20)8-13/h3-8H,9H2,1-2H3,(H,21,25)(H,22,24)(H,23,26). The molecule has 6 nitrogen and oxygen atoms in total. The Hall–Kier alpha value is -2.57. The second-order valence-corrected chi connectivity index (χ2v) is 6.43. The minimum Gasteiger partial charge on any atom is -0.339 e. The molecule has 0 heterocycles. The Morgan fingerprint density at radius 1 is 0.808 bits per heavy atom. The third kappa shape index (κ3) is 5.47. The summed E-state index contributed by atoms with van der Waals surface area (Å²) in [4.78, 5) is 35.5. The first-order valence-electron chi connectivity index (χ1n) is 7.67. The van der Waals surface area contributed by atoms with E-state index in [2.05, 4.69) is 16.0 Å². The smallest absolute Gasteiger partial charge is 0.313 e. The number of benzene rings is 2. The normalized spacial score (nSPS) is 10.2. The van der Waals surface area contributed by atoms with Gasteiger partial charge in [0.15, 0.2) is 0 Å². The summed E-state index contributed by atoms with van der Waals surface area (Å²) in [7, 11) is 0. The Morgan fingerprint density at radius 2 is 1.46 bits per heavy atom. The van der Waals surface area contributed by atoms with Crippen LogP contribution in [0.15, 0.2) is 36.4 Å². The molecule has 0 unspecified atom stereocenters. The van der Waals surface area contributed by atoms with E-state index in [1.54, 1.807) is 6.07 Å². The van der Waals surface area contributed by atoms with Crippen molar-refractivity contribution in [2.45, 2.75) is 13.8 Å². The second kappa shape index (κ2) is 8.69. The summed E-state index contributed by atoms with van der Waals surface area (Å²) in [5.74, 6) is -2.29. The van der Waals surface area contributed by atoms with Crippen LogP contribution >= 0.6 is 23.2 Å². The molecule has 0 saturated heterocycles. The molecule has 8 heteroatoms. The number of rotatable bonds is 4. The Balaban J connectivity index is 1.84. The van der Waals surface area contributed by atoms with Crippen molar-refractivity contribution in [2.75, 3.05) is 17.2 Å². The minimum absolute atomic E-state index is 0.248. The molecule has 0 fully saturated rings. The van der Waals surface area contributed by atoms with E-state index < -0.39 is 17.7 Å². The molecule has 2 aromatic carbocycles. The molecule has 2 aromatic rings. The van der Waals surface area contributed by atoms with Crippen molar-refractivity contribution < 1.29 is 14.4 Å². The summed E-state index contributed by atoms with van der Waals surface area (Å²) in [5.41, 5.74) is 3.08. The number of aryl methyl sites for hydroxylation is 2. The lowest BCUT2D eigenvalue weighted by Gasteiger charge is -2.09. The highest BCUT2D eigenvalue weighted by Gasteiger charge is 2.15. The molecule has 136 valence electrons. The van der Waals surface area contributed by atoms with E-state index in [9.17, 15) is 14.4 Å². The van der Waals surface area contributed by atoms with Gasteiger partial charge in [-0.25, -0.2) is 0 Å². The number of carbonyl (C=O) groups excluding carboxylic acids is 3. The zero-order valence-corrected chi connectivity index (χ0v) is 15.7. The third-order valence-corrected chi connectivity index (χ3v) is 4.32. The molecule has 2 rings (SSSR count). The summed E-state index contributed by atoms with van der Waals surface area (Å²) < 4.78 is 0. The van der Waals surface area contributed by atoms with E-state index in [1.807, 2.05) is 26.0 Å². The molecule has 0 atom stereocenters. The van der Waals surface area contributed by atoms with Crippen LogP contribution in [0.4, 0.5) is 11.4 Å². The Kier molecular flexibility index (Phi) is 6.60. The van der Waals surface area contributed by atoms with Crippen molar-refractivity contribution in [1.82, 2.24) is 5.32 Å². The van der Waals surface area contributed by atoms with Gasteiger partial charge < -0.3 is 16.0 Å². The Bertz CT molecular complexity index is 869. The molecule has 0 saturated carbocycles. The van der Waals surface area contributed by atoms with Crippen molar-refractivity contribution in [3.8, 4) is 0 Å². The summed E-state index contributed by atoms with van der Waals surface area (Å²) in [6.45, 7) is 3.56. The number of hydrogen-bond acceptors (Lipinski definition) is 3. The summed E-state index contributed by atoms with van der Waals surface area (Å²) in [6, 6.07) is 9.89. The van der Waals surface area contributed by atoms with E-state index in [4.69, 9.17) is 23.2 Å². The molecule has 0 bridgehead atoms. The van der Waals surface area contributed by atoms with E-state index >= 15 is 0 Å². The molecule has 26 heavy (non-hydrogen) atoms. The van der Waals surface area contributed by atoms with Crippen LogP contribution in [0.3, 0.4) is 0 Å². The monoisotopic (exact) mass is 393 g/mol. The zero-order valence-electron chi connectivity index (χ0n) is 14.2. The van der Waals surface area contributed by atoms with Gasteiger partial charge in [-0.15, -0.1) is 0 Å². The van der Waals surface area contributed by atoms with Gasteiger partial charge >= 0.3 is 11.8 Å². The zero-order chi connectivity index (χ0) is 19.3. The predicted molar refractivity (Wildman–Crippen MR) is 103 cm³/mol. The molecule has 3 N–H and O–H groups in total. The quantitative estimate of drug-likeness (QED) is 0.696. The first kappa shape index (κ1) is 19.8. The lowest BCUT2D eigenvalue weighted by molar-refractivity contribution is -0.136. The van der Waals surface area contributed by atoms with Crippen molar-refractivity contribution in [3.63, 3.8) is 0 Å². The fourth-order valence-electron chi connectivity index (χ4n) is 2.03. The van der Waals surface area contributed by atoms with Gasteiger partial charge in [0.2, 0.25) is 5.91 Å². The van der Waals surface area contributed by atoms with Gasteiger partial charge in [-0.3, -0.25) is 14.4 Å². The highest BCUT2D eigenvalue weighted by atomic mass is 35.5. The van der Waals surface area contributed by atoms with Gasteiger partial charge in [0, 0.05) is 11.4 Å². The average Bonchev–Trinajstić information content (AvgIpc) is 2.59. The fraction of sp³-hybridized carbons (Fsp3) is 0.167. The van der Waals surface area contributed by atoms with Gasteiger partial charge in [-0.1, -0.05) is 29.3 Å². The maximum Gasteiger partial charge on any atom is 0.313 e. The van der Waals surface area contributed by atoms with Crippen molar-refractivity contribution in [2.24, 2.45) is 0 Å². The van der Waals surface area contributed by atoms with E-state index in [0.717, 1.165) is 11.1 Å². The number of amides is 3. The molecule has 0 aliphatic rings. The lowest BCUT2D eigenvalue weighted by Crippen LogP contribution is -2.39. The molecule has 0 radical (unpaired) electrons. The first-order valence-corrected chi connectivity index (χ1v) is 8.43. The second-order valence-electron chi connectivity index (χ2n) is 5.61. The molecule has 0 spiro atoms. The Morgan fingerprint density at radius 3 is 2.12 bits per heavy atom. The highest BCUT2D eigenvalue weighted by molar-refractivity contribution is 6.43. The topological polar surface area (TPSA) is 87.3 Å². The maximum atomic E-state index is 11.9. The first-order chi connectivity index (χ1) is 12.3. The average molecular weight is 394 g/mol. The molecule has 0 aliphatic heterocycles. The van der Waals surface area contributed by atoms with E-state index in [-0.39, 0.29) is 11.6 Å². The van der Waals surface area contributed by atoms with E-state index in [1.165, 1.54) is 18.2 Å². The predicted octanol–water partition coefficient (Wildman–Crippen LogP) is 3.30. The van der Waals surface area contributed by atoms with Crippen molar-refractivity contribution in [3.05, 3.63) is 57.6 Å². The summed E-state index contributed by atoms with van der Waals surface area (Å²) in [5, 5.41) is 7.85. The third-order valence-electron chi connectivity index (χ3n) is 3.58.